The van der Waals surface area contributed by atoms with Crippen molar-refractivity contribution in [2.75, 3.05) is 53.5 Å². The van der Waals surface area contributed by atoms with Crippen LogP contribution in [0.15, 0.2) is 18.2 Å². The molecular weight excluding hydrogens is 346 g/mol. The zero-order valence-corrected chi connectivity index (χ0v) is 16.9. The first-order chi connectivity index (χ1) is 13.0. The predicted octanol–water partition coefficient (Wildman–Crippen LogP) is 1.61. The summed E-state index contributed by atoms with van der Waals surface area (Å²) in [6, 6.07) is 5.59. The van der Waals surface area contributed by atoms with E-state index in [2.05, 4.69) is 11.8 Å². The second-order valence-corrected chi connectivity index (χ2v) is 6.69. The van der Waals surface area contributed by atoms with Crippen LogP contribution in [0.25, 0.3) is 0 Å². The summed E-state index contributed by atoms with van der Waals surface area (Å²) in [7, 11) is 3.17. The molecule has 0 radical (unpaired) electrons. The van der Waals surface area contributed by atoms with E-state index < -0.39 is 0 Å². The molecule has 1 aliphatic rings. The molecule has 1 heterocycles. The Morgan fingerprint density at radius 3 is 2.30 bits per heavy atom. The van der Waals surface area contributed by atoms with E-state index in [0.29, 0.717) is 31.0 Å². The number of piperazine rings is 1. The Balaban J connectivity index is 1.92. The highest BCUT2D eigenvalue weighted by molar-refractivity contribution is 5.78. The SMILES string of the molecule is CCN1CCN(C(=O)CCN(Cc2ccc(OC)c(OC)c2)C(C)=O)CC1. The number of nitrogens with zero attached hydrogens (tertiary/aromatic N) is 3. The number of hydrogen-bond acceptors (Lipinski definition) is 5. The number of amides is 2. The number of methoxy groups -OCH3 is 2. The lowest BCUT2D eigenvalue weighted by molar-refractivity contribution is -0.135. The Morgan fingerprint density at radius 2 is 1.74 bits per heavy atom. The van der Waals surface area contributed by atoms with E-state index in [1.54, 1.807) is 19.1 Å². The summed E-state index contributed by atoms with van der Waals surface area (Å²) in [5, 5.41) is 0. The third-order valence-electron chi connectivity index (χ3n) is 5.03. The molecule has 7 nitrogen and oxygen atoms in total. The van der Waals surface area contributed by atoms with Gasteiger partial charge in [0.15, 0.2) is 11.5 Å². The fraction of sp³-hybridized carbons (Fsp3) is 0.600. The molecule has 27 heavy (non-hydrogen) atoms. The van der Waals surface area contributed by atoms with Crippen LogP contribution >= 0.6 is 0 Å². The van der Waals surface area contributed by atoms with Crippen LogP contribution in [-0.2, 0) is 16.1 Å². The maximum Gasteiger partial charge on any atom is 0.224 e. The third-order valence-corrected chi connectivity index (χ3v) is 5.03. The van der Waals surface area contributed by atoms with E-state index in [9.17, 15) is 9.59 Å². The normalized spacial score (nSPS) is 14.7. The van der Waals surface area contributed by atoms with E-state index in [1.165, 1.54) is 6.92 Å². The lowest BCUT2D eigenvalue weighted by Gasteiger charge is -2.34. The average Bonchev–Trinajstić information content (AvgIpc) is 2.70. The van der Waals surface area contributed by atoms with E-state index in [4.69, 9.17) is 9.47 Å². The van der Waals surface area contributed by atoms with Gasteiger partial charge < -0.3 is 24.2 Å². The predicted molar refractivity (Wildman–Crippen MR) is 104 cm³/mol. The summed E-state index contributed by atoms with van der Waals surface area (Å²) in [5.41, 5.74) is 0.937. The molecule has 0 aliphatic carbocycles. The van der Waals surface area contributed by atoms with Gasteiger partial charge in [-0.05, 0) is 24.2 Å². The van der Waals surface area contributed by atoms with Crippen LogP contribution < -0.4 is 9.47 Å². The van der Waals surface area contributed by atoms with E-state index in [-0.39, 0.29) is 11.8 Å². The first-order valence-corrected chi connectivity index (χ1v) is 9.45. The van der Waals surface area contributed by atoms with Crippen molar-refractivity contribution in [3.8, 4) is 11.5 Å². The lowest BCUT2D eigenvalue weighted by atomic mass is 10.1. The quantitative estimate of drug-likeness (QED) is 0.689. The van der Waals surface area contributed by atoms with Crippen molar-refractivity contribution in [2.45, 2.75) is 26.8 Å². The molecule has 0 N–H and O–H groups in total. The summed E-state index contributed by atoms with van der Waals surface area (Å²) in [5.74, 6) is 1.35. The van der Waals surface area contributed by atoms with Crippen LogP contribution in [0.2, 0.25) is 0 Å². The van der Waals surface area contributed by atoms with Crippen LogP contribution in [0.3, 0.4) is 0 Å². The average molecular weight is 377 g/mol. The van der Waals surface area contributed by atoms with Crippen molar-refractivity contribution >= 4 is 11.8 Å². The van der Waals surface area contributed by atoms with Gasteiger partial charge in [0.05, 0.1) is 14.2 Å². The van der Waals surface area contributed by atoms with Gasteiger partial charge in [-0.3, -0.25) is 9.59 Å². The summed E-state index contributed by atoms with van der Waals surface area (Å²) in [6.07, 6.45) is 0.346. The highest BCUT2D eigenvalue weighted by Gasteiger charge is 2.21. The van der Waals surface area contributed by atoms with E-state index in [1.807, 2.05) is 23.1 Å². The number of likely N-dealkylation sites (N-methyl/N-ethyl adjacent to an activating group) is 1. The van der Waals surface area contributed by atoms with Crippen LogP contribution in [0.5, 0.6) is 11.5 Å². The molecule has 0 saturated carbocycles. The molecule has 150 valence electrons. The Labute approximate surface area is 161 Å². The number of carbonyl (C=O) groups is 2. The van der Waals surface area contributed by atoms with Gasteiger partial charge in [0, 0.05) is 52.6 Å². The minimum absolute atomic E-state index is 0.0478. The summed E-state index contributed by atoms with van der Waals surface area (Å²) < 4.78 is 10.6. The number of benzene rings is 1. The highest BCUT2D eigenvalue weighted by Crippen LogP contribution is 2.28. The molecule has 2 amide bonds. The molecule has 0 aromatic heterocycles. The fourth-order valence-corrected chi connectivity index (χ4v) is 3.25. The molecule has 1 aromatic rings. The minimum Gasteiger partial charge on any atom is -0.493 e. The summed E-state index contributed by atoms with van der Waals surface area (Å²) >= 11 is 0. The largest absolute Gasteiger partial charge is 0.493 e. The molecule has 1 fully saturated rings. The first-order valence-electron chi connectivity index (χ1n) is 9.45. The van der Waals surface area contributed by atoms with Crippen LogP contribution in [0, 0.1) is 0 Å². The van der Waals surface area contributed by atoms with Gasteiger partial charge in [0.2, 0.25) is 11.8 Å². The summed E-state index contributed by atoms with van der Waals surface area (Å²) in [6.45, 7) is 8.91. The van der Waals surface area contributed by atoms with Crippen molar-refractivity contribution in [2.24, 2.45) is 0 Å². The van der Waals surface area contributed by atoms with Crippen molar-refractivity contribution in [1.82, 2.24) is 14.7 Å². The minimum atomic E-state index is -0.0478. The molecule has 1 aromatic carbocycles. The molecule has 1 saturated heterocycles. The Morgan fingerprint density at radius 1 is 1.07 bits per heavy atom. The second-order valence-electron chi connectivity index (χ2n) is 6.69. The van der Waals surface area contributed by atoms with Crippen molar-refractivity contribution in [1.29, 1.82) is 0 Å². The van der Waals surface area contributed by atoms with Gasteiger partial charge in [-0.2, -0.15) is 0 Å². The number of rotatable bonds is 8. The van der Waals surface area contributed by atoms with E-state index in [0.717, 1.165) is 38.3 Å². The Kier molecular flexibility index (Phi) is 7.91. The monoisotopic (exact) mass is 377 g/mol. The molecule has 0 bridgehead atoms. The van der Waals surface area contributed by atoms with Gasteiger partial charge in [-0.25, -0.2) is 0 Å². The molecular formula is C20H31N3O4. The molecule has 0 atom stereocenters. The number of ether oxygens (including phenoxy) is 2. The third kappa shape index (κ3) is 5.85. The maximum atomic E-state index is 12.5. The van der Waals surface area contributed by atoms with Gasteiger partial charge in [-0.1, -0.05) is 13.0 Å². The maximum absolute atomic E-state index is 12.5. The smallest absolute Gasteiger partial charge is 0.224 e. The zero-order valence-electron chi connectivity index (χ0n) is 16.9. The van der Waals surface area contributed by atoms with Crippen molar-refractivity contribution in [3.63, 3.8) is 0 Å². The van der Waals surface area contributed by atoms with Crippen LogP contribution in [0.1, 0.15) is 25.8 Å². The van der Waals surface area contributed by atoms with Gasteiger partial charge >= 0.3 is 0 Å². The Hall–Kier alpha value is -2.28. The standard InChI is InChI=1S/C20H31N3O4/c1-5-21-10-12-22(13-11-21)20(25)8-9-23(16(2)24)15-17-6-7-18(26-3)19(14-17)27-4/h6-7,14H,5,8-13,15H2,1-4H3. The molecule has 1 aliphatic heterocycles. The lowest BCUT2D eigenvalue weighted by Crippen LogP contribution is -2.49. The second kappa shape index (κ2) is 10.2. The molecule has 0 spiro atoms. The van der Waals surface area contributed by atoms with E-state index >= 15 is 0 Å². The van der Waals surface area contributed by atoms with Crippen molar-refractivity contribution in [3.05, 3.63) is 23.8 Å². The Bertz CT molecular complexity index is 642. The number of carbonyl (C=O) groups excluding carboxylic acids is 2. The zero-order chi connectivity index (χ0) is 19.8. The topological polar surface area (TPSA) is 62.3 Å². The van der Waals surface area contributed by atoms with Gasteiger partial charge in [0.1, 0.15) is 0 Å². The molecule has 2 rings (SSSR count). The highest BCUT2D eigenvalue weighted by atomic mass is 16.5. The molecule has 7 heteroatoms. The number of hydrogen-bond donors (Lipinski definition) is 0. The van der Waals surface area contributed by atoms with Gasteiger partial charge in [0.25, 0.3) is 0 Å². The summed E-state index contributed by atoms with van der Waals surface area (Å²) in [4.78, 5) is 30.5. The first kappa shape index (κ1) is 21.0. The molecule has 0 unspecified atom stereocenters. The van der Waals surface area contributed by atoms with Gasteiger partial charge in [-0.15, -0.1) is 0 Å². The van der Waals surface area contributed by atoms with Crippen LogP contribution in [0.4, 0.5) is 0 Å². The van der Waals surface area contributed by atoms with Crippen LogP contribution in [-0.4, -0.2) is 80.0 Å². The fourth-order valence-electron chi connectivity index (χ4n) is 3.25. The van der Waals surface area contributed by atoms with Crippen molar-refractivity contribution < 1.29 is 19.1 Å².